The van der Waals surface area contributed by atoms with Crippen LogP contribution in [0.15, 0.2) is 42.5 Å². The molecule has 0 heterocycles. The molecule has 2 aromatic rings. The number of benzene rings is 2. The average molecular weight is 352 g/mol. The number of terminal acetylenes is 1. The Labute approximate surface area is 153 Å². The maximum atomic E-state index is 12.5. The predicted molar refractivity (Wildman–Crippen MR) is 100 cm³/mol. The molecule has 0 aliphatic heterocycles. The summed E-state index contributed by atoms with van der Waals surface area (Å²) in [6.45, 7) is 0.154. The van der Waals surface area contributed by atoms with E-state index in [0.717, 1.165) is 5.56 Å². The Morgan fingerprint density at radius 1 is 1.00 bits per heavy atom. The van der Waals surface area contributed by atoms with Gasteiger partial charge in [0.2, 0.25) is 0 Å². The molecule has 0 unspecified atom stereocenters. The molecule has 134 valence electrons. The molecule has 0 atom stereocenters. The SMILES string of the molecule is C#CCOc1ccc(/C=C/C(=O)c2ccc(OC)cc2OC)cc1OC. The lowest BCUT2D eigenvalue weighted by Crippen LogP contribution is -1.99. The smallest absolute Gasteiger partial charge is 0.189 e. The molecule has 0 N–H and O–H groups in total. The number of carbonyl (C=O) groups is 1. The van der Waals surface area contributed by atoms with Gasteiger partial charge in [-0.3, -0.25) is 4.79 Å². The minimum Gasteiger partial charge on any atom is -0.497 e. The van der Waals surface area contributed by atoms with Crippen molar-refractivity contribution in [2.24, 2.45) is 0 Å². The molecule has 5 heteroatoms. The van der Waals surface area contributed by atoms with Gasteiger partial charge in [0.25, 0.3) is 0 Å². The molecule has 0 spiro atoms. The van der Waals surface area contributed by atoms with Gasteiger partial charge in [-0.25, -0.2) is 0 Å². The van der Waals surface area contributed by atoms with Crippen LogP contribution in [0.4, 0.5) is 0 Å². The summed E-state index contributed by atoms with van der Waals surface area (Å²) in [6.07, 6.45) is 8.36. The highest BCUT2D eigenvalue weighted by Crippen LogP contribution is 2.29. The molecule has 0 aromatic heterocycles. The highest BCUT2D eigenvalue weighted by atomic mass is 16.5. The lowest BCUT2D eigenvalue weighted by molar-refractivity contribution is 0.104. The number of hydrogen-bond donors (Lipinski definition) is 0. The van der Waals surface area contributed by atoms with Crippen molar-refractivity contribution in [2.45, 2.75) is 0 Å². The lowest BCUT2D eigenvalue weighted by Gasteiger charge is -2.09. The summed E-state index contributed by atoms with van der Waals surface area (Å²) in [7, 11) is 4.61. The topological polar surface area (TPSA) is 54.0 Å². The summed E-state index contributed by atoms with van der Waals surface area (Å²) in [5.41, 5.74) is 1.24. The fraction of sp³-hybridized carbons (Fsp3) is 0.190. The third-order valence-corrected chi connectivity index (χ3v) is 3.60. The van der Waals surface area contributed by atoms with E-state index < -0.39 is 0 Å². The summed E-state index contributed by atoms with van der Waals surface area (Å²) in [6, 6.07) is 10.4. The first kappa shape index (κ1) is 18.9. The van der Waals surface area contributed by atoms with Crippen molar-refractivity contribution in [2.75, 3.05) is 27.9 Å². The molecule has 26 heavy (non-hydrogen) atoms. The van der Waals surface area contributed by atoms with Crippen molar-refractivity contribution in [1.29, 1.82) is 0 Å². The normalized spacial score (nSPS) is 10.2. The minimum atomic E-state index is -0.184. The van der Waals surface area contributed by atoms with Gasteiger partial charge in [0.1, 0.15) is 18.1 Å². The molecular weight excluding hydrogens is 332 g/mol. The second-order valence-corrected chi connectivity index (χ2v) is 5.17. The van der Waals surface area contributed by atoms with Crippen molar-refractivity contribution in [3.63, 3.8) is 0 Å². The van der Waals surface area contributed by atoms with Crippen LogP contribution >= 0.6 is 0 Å². The molecule has 0 amide bonds. The first-order valence-electron chi connectivity index (χ1n) is 7.81. The zero-order chi connectivity index (χ0) is 18.9. The molecule has 5 nitrogen and oxygen atoms in total. The first-order valence-corrected chi connectivity index (χ1v) is 7.81. The third kappa shape index (κ3) is 4.58. The van der Waals surface area contributed by atoms with E-state index in [-0.39, 0.29) is 12.4 Å². The minimum absolute atomic E-state index is 0.154. The molecule has 0 radical (unpaired) electrons. The van der Waals surface area contributed by atoms with Crippen LogP contribution in [0.5, 0.6) is 23.0 Å². The van der Waals surface area contributed by atoms with E-state index in [4.69, 9.17) is 25.4 Å². The zero-order valence-corrected chi connectivity index (χ0v) is 14.9. The summed E-state index contributed by atoms with van der Waals surface area (Å²) >= 11 is 0. The summed E-state index contributed by atoms with van der Waals surface area (Å²) in [5, 5.41) is 0. The second-order valence-electron chi connectivity index (χ2n) is 5.17. The van der Waals surface area contributed by atoms with Gasteiger partial charge < -0.3 is 18.9 Å². The number of carbonyl (C=O) groups excluding carboxylic acids is 1. The Morgan fingerprint density at radius 3 is 2.42 bits per heavy atom. The van der Waals surface area contributed by atoms with Gasteiger partial charge in [-0.1, -0.05) is 18.1 Å². The largest absolute Gasteiger partial charge is 0.497 e. The fourth-order valence-corrected chi connectivity index (χ4v) is 2.29. The van der Waals surface area contributed by atoms with Crippen molar-refractivity contribution < 1.29 is 23.7 Å². The molecule has 0 fully saturated rings. The van der Waals surface area contributed by atoms with Gasteiger partial charge in [-0.05, 0) is 35.9 Å². The molecule has 0 aliphatic carbocycles. The van der Waals surface area contributed by atoms with Crippen molar-refractivity contribution >= 4 is 11.9 Å². The molecular formula is C21H20O5. The number of methoxy groups -OCH3 is 3. The number of rotatable bonds is 8. The Balaban J connectivity index is 2.21. The highest BCUT2D eigenvalue weighted by molar-refractivity contribution is 6.08. The van der Waals surface area contributed by atoms with Crippen LogP contribution in [0, 0.1) is 12.3 Å². The van der Waals surface area contributed by atoms with Crippen molar-refractivity contribution in [3.05, 3.63) is 53.6 Å². The quantitative estimate of drug-likeness (QED) is 0.413. The van der Waals surface area contributed by atoms with E-state index >= 15 is 0 Å². The number of ketones is 1. The van der Waals surface area contributed by atoms with Crippen LogP contribution < -0.4 is 18.9 Å². The molecule has 2 aromatic carbocycles. The van der Waals surface area contributed by atoms with E-state index in [1.165, 1.54) is 13.2 Å². The Hall–Kier alpha value is -3.39. The predicted octanol–water partition coefficient (Wildman–Crippen LogP) is 3.62. The van der Waals surface area contributed by atoms with Gasteiger partial charge in [-0.2, -0.15) is 0 Å². The van der Waals surface area contributed by atoms with Crippen LogP contribution in [0.25, 0.3) is 6.08 Å². The Bertz CT molecular complexity index is 846. The average Bonchev–Trinajstić information content (AvgIpc) is 2.69. The summed E-state index contributed by atoms with van der Waals surface area (Å²) < 4.78 is 21.1. The van der Waals surface area contributed by atoms with Crippen LogP contribution in [0.1, 0.15) is 15.9 Å². The van der Waals surface area contributed by atoms with Crippen molar-refractivity contribution in [3.8, 4) is 35.3 Å². The van der Waals surface area contributed by atoms with E-state index in [0.29, 0.717) is 28.6 Å². The number of ether oxygens (including phenoxy) is 4. The zero-order valence-electron chi connectivity index (χ0n) is 14.9. The Kier molecular flexibility index (Phi) is 6.69. The number of allylic oxidation sites excluding steroid dienone is 1. The first-order chi connectivity index (χ1) is 12.6. The lowest BCUT2D eigenvalue weighted by atomic mass is 10.1. The summed E-state index contributed by atoms with van der Waals surface area (Å²) in [5.74, 6) is 4.38. The third-order valence-electron chi connectivity index (χ3n) is 3.60. The van der Waals surface area contributed by atoms with Crippen LogP contribution in [-0.2, 0) is 0 Å². The second kappa shape index (κ2) is 9.19. The Morgan fingerprint density at radius 2 is 1.77 bits per heavy atom. The van der Waals surface area contributed by atoms with Gasteiger partial charge in [0.15, 0.2) is 17.3 Å². The van der Waals surface area contributed by atoms with Crippen LogP contribution in [0.3, 0.4) is 0 Å². The maximum Gasteiger partial charge on any atom is 0.189 e. The van der Waals surface area contributed by atoms with E-state index in [1.807, 2.05) is 6.07 Å². The molecule has 0 saturated carbocycles. The number of hydrogen-bond acceptors (Lipinski definition) is 5. The van der Waals surface area contributed by atoms with Gasteiger partial charge >= 0.3 is 0 Å². The molecule has 0 saturated heterocycles. The maximum absolute atomic E-state index is 12.5. The van der Waals surface area contributed by atoms with Gasteiger partial charge in [0.05, 0.1) is 26.9 Å². The van der Waals surface area contributed by atoms with Gasteiger partial charge in [0, 0.05) is 6.07 Å². The monoisotopic (exact) mass is 352 g/mol. The molecule has 0 bridgehead atoms. The fourth-order valence-electron chi connectivity index (χ4n) is 2.29. The van der Waals surface area contributed by atoms with Gasteiger partial charge in [-0.15, -0.1) is 6.42 Å². The van der Waals surface area contributed by atoms with E-state index in [2.05, 4.69) is 5.92 Å². The highest BCUT2D eigenvalue weighted by Gasteiger charge is 2.11. The standard InChI is InChI=1S/C21H20O5/c1-5-12-26-19-11-7-15(13-21(19)25-4)6-10-18(22)17-9-8-16(23-2)14-20(17)24-3/h1,6-11,13-14H,12H2,2-4H3/b10-6+. The molecule has 2 rings (SSSR count). The van der Waals surface area contributed by atoms with Crippen LogP contribution in [-0.4, -0.2) is 33.7 Å². The van der Waals surface area contributed by atoms with Crippen molar-refractivity contribution in [1.82, 2.24) is 0 Å². The van der Waals surface area contributed by atoms with Crippen LogP contribution in [0.2, 0.25) is 0 Å². The summed E-state index contributed by atoms with van der Waals surface area (Å²) in [4.78, 5) is 12.5. The van der Waals surface area contributed by atoms with E-state index in [9.17, 15) is 4.79 Å². The molecule has 0 aliphatic rings. The van der Waals surface area contributed by atoms with E-state index in [1.54, 1.807) is 50.6 Å².